The van der Waals surface area contributed by atoms with E-state index in [0.717, 1.165) is 10.9 Å². The number of aromatic nitrogens is 1. The number of carboxylic acids is 1. The first kappa shape index (κ1) is 13.8. The van der Waals surface area contributed by atoms with Gasteiger partial charge in [-0.3, -0.25) is 0 Å². The van der Waals surface area contributed by atoms with Crippen molar-refractivity contribution in [2.45, 2.75) is 0 Å². The average Bonchev–Trinajstić information content (AvgIpc) is 2.78. The van der Waals surface area contributed by atoms with Crippen LogP contribution in [0, 0.1) is 0 Å². The van der Waals surface area contributed by atoms with Crippen LogP contribution in [-0.2, 0) is 7.05 Å². The molecule has 2 N–H and O–H groups in total. The highest BCUT2D eigenvalue weighted by Crippen LogP contribution is 2.38. The standard InChI is InChI=1S/C16H13N3O3/c1-19-13-5-3-2-4-12(13)14(15(19)20)18-17-11-8-6-10(7-9-11)16(21)22/h2-9,20H,1H3,(H,21,22). The van der Waals surface area contributed by atoms with Crippen molar-refractivity contribution in [1.82, 2.24) is 4.57 Å². The summed E-state index contributed by atoms with van der Waals surface area (Å²) in [6.45, 7) is 0. The quantitative estimate of drug-likeness (QED) is 0.716. The van der Waals surface area contributed by atoms with E-state index in [1.807, 2.05) is 24.3 Å². The summed E-state index contributed by atoms with van der Waals surface area (Å²) in [5, 5.41) is 28.0. The molecule has 1 heterocycles. The predicted molar refractivity (Wildman–Crippen MR) is 82.2 cm³/mol. The number of hydrogen-bond donors (Lipinski definition) is 2. The fourth-order valence-electron chi connectivity index (χ4n) is 2.24. The molecule has 0 saturated heterocycles. The molecule has 0 atom stereocenters. The lowest BCUT2D eigenvalue weighted by Gasteiger charge is -1.96. The van der Waals surface area contributed by atoms with Crippen LogP contribution in [0.3, 0.4) is 0 Å². The zero-order chi connectivity index (χ0) is 15.7. The maximum absolute atomic E-state index is 10.8. The molecule has 0 amide bonds. The van der Waals surface area contributed by atoms with E-state index in [1.165, 1.54) is 12.1 Å². The van der Waals surface area contributed by atoms with Gasteiger partial charge in [-0.15, -0.1) is 5.11 Å². The number of rotatable bonds is 3. The Bertz CT molecular complexity index is 880. The molecule has 0 radical (unpaired) electrons. The van der Waals surface area contributed by atoms with Crippen LogP contribution in [-0.4, -0.2) is 20.7 Å². The average molecular weight is 295 g/mol. The summed E-state index contributed by atoms with van der Waals surface area (Å²) >= 11 is 0. The van der Waals surface area contributed by atoms with Crippen molar-refractivity contribution >= 4 is 28.2 Å². The van der Waals surface area contributed by atoms with E-state index in [0.29, 0.717) is 11.4 Å². The van der Waals surface area contributed by atoms with E-state index in [-0.39, 0.29) is 11.4 Å². The lowest BCUT2D eigenvalue weighted by molar-refractivity contribution is 0.0697. The number of aromatic carboxylic acids is 1. The molecule has 0 bridgehead atoms. The Morgan fingerprint density at radius 2 is 1.73 bits per heavy atom. The lowest BCUT2D eigenvalue weighted by atomic mass is 10.2. The molecule has 110 valence electrons. The third-order valence-electron chi connectivity index (χ3n) is 3.43. The number of fused-ring (bicyclic) bond motifs is 1. The van der Waals surface area contributed by atoms with Crippen molar-refractivity contribution in [1.29, 1.82) is 0 Å². The number of nitrogens with zero attached hydrogens (tertiary/aromatic N) is 3. The summed E-state index contributed by atoms with van der Waals surface area (Å²) in [4.78, 5) is 10.8. The maximum Gasteiger partial charge on any atom is 0.335 e. The third-order valence-corrected chi connectivity index (χ3v) is 3.43. The second-order valence-electron chi connectivity index (χ2n) is 4.80. The molecule has 0 aliphatic heterocycles. The van der Waals surface area contributed by atoms with Crippen molar-refractivity contribution < 1.29 is 15.0 Å². The highest BCUT2D eigenvalue weighted by atomic mass is 16.4. The smallest absolute Gasteiger partial charge is 0.335 e. The van der Waals surface area contributed by atoms with Crippen LogP contribution >= 0.6 is 0 Å². The first-order valence-corrected chi connectivity index (χ1v) is 6.59. The monoisotopic (exact) mass is 295 g/mol. The first-order chi connectivity index (χ1) is 10.6. The largest absolute Gasteiger partial charge is 0.493 e. The van der Waals surface area contributed by atoms with Crippen LogP contribution in [0.15, 0.2) is 58.8 Å². The Kier molecular flexibility index (Phi) is 3.34. The van der Waals surface area contributed by atoms with Crippen LogP contribution < -0.4 is 0 Å². The highest BCUT2D eigenvalue weighted by molar-refractivity contribution is 5.94. The van der Waals surface area contributed by atoms with Gasteiger partial charge in [0, 0.05) is 12.4 Å². The van der Waals surface area contributed by atoms with Gasteiger partial charge in [0.05, 0.1) is 16.8 Å². The zero-order valence-corrected chi connectivity index (χ0v) is 11.8. The van der Waals surface area contributed by atoms with Gasteiger partial charge in [0.25, 0.3) is 0 Å². The molecule has 0 spiro atoms. The van der Waals surface area contributed by atoms with Crippen molar-refractivity contribution in [2.75, 3.05) is 0 Å². The van der Waals surface area contributed by atoms with Crippen LogP contribution in [0.5, 0.6) is 5.88 Å². The van der Waals surface area contributed by atoms with Crippen LogP contribution in [0.1, 0.15) is 10.4 Å². The van der Waals surface area contributed by atoms with Crippen LogP contribution in [0.25, 0.3) is 10.9 Å². The summed E-state index contributed by atoms with van der Waals surface area (Å²) in [6, 6.07) is 13.5. The van der Waals surface area contributed by atoms with E-state index in [4.69, 9.17) is 5.11 Å². The molecular weight excluding hydrogens is 282 g/mol. The number of aryl methyl sites for hydroxylation is 1. The Labute approximate surface area is 126 Å². The van der Waals surface area contributed by atoms with Gasteiger partial charge < -0.3 is 14.8 Å². The summed E-state index contributed by atoms with van der Waals surface area (Å²) in [7, 11) is 1.75. The van der Waals surface area contributed by atoms with Gasteiger partial charge in [0.15, 0.2) is 5.69 Å². The molecule has 0 saturated carbocycles. The third kappa shape index (κ3) is 2.31. The summed E-state index contributed by atoms with van der Waals surface area (Å²) in [5.74, 6) is -0.956. The van der Waals surface area contributed by atoms with Crippen molar-refractivity contribution in [3.05, 3.63) is 54.1 Å². The Balaban J connectivity index is 1.99. The van der Waals surface area contributed by atoms with Crippen molar-refractivity contribution in [3.8, 4) is 5.88 Å². The fraction of sp³-hybridized carbons (Fsp3) is 0.0625. The van der Waals surface area contributed by atoms with Gasteiger partial charge in [-0.1, -0.05) is 18.2 Å². The van der Waals surface area contributed by atoms with Crippen LogP contribution in [0.4, 0.5) is 11.4 Å². The summed E-state index contributed by atoms with van der Waals surface area (Å²) < 4.78 is 1.64. The highest BCUT2D eigenvalue weighted by Gasteiger charge is 2.13. The minimum atomic E-state index is -0.991. The summed E-state index contributed by atoms with van der Waals surface area (Å²) in [6.07, 6.45) is 0. The molecule has 3 aromatic rings. The van der Waals surface area contributed by atoms with Crippen molar-refractivity contribution in [2.24, 2.45) is 17.3 Å². The van der Waals surface area contributed by atoms with E-state index in [2.05, 4.69) is 10.2 Å². The SMILES string of the molecule is Cn1c(O)c(N=Nc2ccc(C(=O)O)cc2)c2ccccc21. The van der Waals surface area contributed by atoms with Gasteiger partial charge in [-0.05, 0) is 30.3 Å². The van der Waals surface area contributed by atoms with Crippen LogP contribution in [0.2, 0.25) is 0 Å². The van der Waals surface area contributed by atoms with Gasteiger partial charge in [0.2, 0.25) is 5.88 Å². The van der Waals surface area contributed by atoms with E-state index < -0.39 is 5.97 Å². The Hall–Kier alpha value is -3.15. The predicted octanol–water partition coefficient (Wildman–Crippen LogP) is 4.00. The molecule has 0 aliphatic rings. The number of para-hydroxylation sites is 1. The normalized spacial score (nSPS) is 11.3. The van der Waals surface area contributed by atoms with Gasteiger partial charge in [-0.25, -0.2) is 4.79 Å². The molecule has 6 nitrogen and oxygen atoms in total. The molecule has 22 heavy (non-hydrogen) atoms. The molecule has 0 unspecified atom stereocenters. The Morgan fingerprint density at radius 1 is 1.05 bits per heavy atom. The zero-order valence-electron chi connectivity index (χ0n) is 11.8. The van der Waals surface area contributed by atoms with Gasteiger partial charge >= 0.3 is 5.97 Å². The summed E-state index contributed by atoms with van der Waals surface area (Å²) in [5.41, 5.74) is 1.94. The Morgan fingerprint density at radius 3 is 2.41 bits per heavy atom. The number of azo groups is 1. The molecule has 2 aromatic carbocycles. The maximum atomic E-state index is 10.8. The minimum Gasteiger partial charge on any atom is -0.493 e. The molecule has 1 aromatic heterocycles. The first-order valence-electron chi connectivity index (χ1n) is 6.59. The molecule has 6 heteroatoms. The number of carbonyl (C=O) groups is 1. The molecular formula is C16H13N3O3. The lowest BCUT2D eigenvalue weighted by Crippen LogP contribution is -1.93. The number of benzene rings is 2. The molecule has 0 fully saturated rings. The second-order valence-corrected chi connectivity index (χ2v) is 4.80. The van der Waals surface area contributed by atoms with Gasteiger partial charge in [-0.2, -0.15) is 5.11 Å². The topological polar surface area (TPSA) is 87.2 Å². The molecule has 3 rings (SSSR count). The van der Waals surface area contributed by atoms with E-state index in [9.17, 15) is 9.90 Å². The minimum absolute atomic E-state index is 0.0344. The second kappa shape index (κ2) is 5.33. The molecule has 0 aliphatic carbocycles. The van der Waals surface area contributed by atoms with E-state index >= 15 is 0 Å². The number of carboxylic acid groups (broad SMARTS) is 1. The van der Waals surface area contributed by atoms with Crippen molar-refractivity contribution in [3.63, 3.8) is 0 Å². The fourth-order valence-corrected chi connectivity index (χ4v) is 2.24. The number of aromatic hydroxyl groups is 1. The van der Waals surface area contributed by atoms with E-state index in [1.54, 1.807) is 23.7 Å². The van der Waals surface area contributed by atoms with Gasteiger partial charge in [0.1, 0.15) is 0 Å². The number of hydrogen-bond acceptors (Lipinski definition) is 4.